The molecular formula is C14H22N2. The van der Waals surface area contributed by atoms with E-state index in [0.717, 1.165) is 0 Å². The van der Waals surface area contributed by atoms with Gasteiger partial charge in [0.05, 0.1) is 0 Å². The van der Waals surface area contributed by atoms with Crippen LogP contribution in [0.4, 0.5) is 0 Å². The van der Waals surface area contributed by atoms with Crippen molar-refractivity contribution in [2.75, 3.05) is 6.54 Å². The number of pyridine rings is 1. The second kappa shape index (κ2) is 5.44. The summed E-state index contributed by atoms with van der Waals surface area (Å²) in [5, 5.41) is 3.66. The fraction of sp³-hybridized carbons (Fsp3) is 0.643. The smallest absolute Gasteiger partial charge is 0.0452 e. The van der Waals surface area contributed by atoms with Gasteiger partial charge in [0.15, 0.2) is 0 Å². The molecule has 0 aliphatic carbocycles. The van der Waals surface area contributed by atoms with Crippen LogP contribution in [0, 0.1) is 5.92 Å². The molecule has 0 aromatic carbocycles. The number of piperidine rings is 1. The normalized spacial score (nSPS) is 23.3. The van der Waals surface area contributed by atoms with Crippen molar-refractivity contribution in [1.29, 1.82) is 0 Å². The first kappa shape index (κ1) is 11.6. The number of hydrogen-bond donors (Lipinski definition) is 1. The van der Waals surface area contributed by atoms with E-state index >= 15 is 0 Å². The van der Waals surface area contributed by atoms with Gasteiger partial charge in [-0.1, -0.05) is 26.3 Å². The lowest BCUT2D eigenvalue weighted by atomic mass is 9.81. The highest BCUT2D eigenvalue weighted by atomic mass is 14.9. The molecule has 1 fully saturated rings. The summed E-state index contributed by atoms with van der Waals surface area (Å²) in [5.74, 6) is 1.20. The van der Waals surface area contributed by atoms with Crippen LogP contribution >= 0.6 is 0 Å². The Morgan fingerprint density at radius 2 is 2.19 bits per heavy atom. The Hall–Kier alpha value is -0.890. The zero-order valence-corrected chi connectivity index (χ0v) is 10.3. The summed E-state index contributed by atoms with van der Waals surface area (Å²) in [6.07, 6.45) is 5.88. The SMILES string of the molecule is CC(C)C(c1ccccn1)C1CCCCN1. The number of hydrogen-bond acceptors (Lipinski definition) is 2. The van der Waals surface area contributed by atoms with Gasteiger partial charge in [0.1, 0.15) is 0 Å². The Bertz CT molecular complexity index is 302. The van der Waals surface area contributed by atoms with Crippen LogP contribution in [0.3, 0.4) is 0 Å². The highest BCUT2D eigenvalue weighted by Crippen LogP contribution is 2.30. The molecule has 2 nitrogen and oxygen atoms in total. The summed E-state index contributed by atoms with van der Waals surface area (Å²) in [6, 6.07) is 6.88. The Morgan fingerprint density at radius 3 is 2.75 bits per heavy atom. The lowest BCUT2D eigenvalue weighted by Gasteiger charge is -2.33. The molecule has 88 valence electrons. The first-order valence-corrected chi connectivity index (χ1v) is 6.43. The second-order valence-electron chi connectivity index (χ2n) is 5.08. The van der Waals surface area contributed by atoms with E-state index in [0.29, 0.717) is 17.9 Å². The van der Waals surface area contributed by atoms with Crippen LogP contribution in [0.1, 0.15) is 44.7 Å². The summed E-state index contributed by atoms with van der Waals surface area (Å²) < 4.78 is 0. The van der Waals surface area contributed by atoms with Gasteiger partial charge in [-0.05, 0) is 37.4 Å². The van der Waals surface area contributed by atoms with E-state index < -0.39 is 0 Å². The van der Waals surface area contributed by atoms with Crippen LogP contribution < -0.4 is 5.32 Å². The molecule has 2 heteroatoms. The summed E-state index contributed by atoms with van der Waals surface area (Å²) in [4.78, 5) is 4.54. The van der Waals surface area contributed by atoms with Crippen molar-refractivity contribution < 1.29 is 0 Å². The molecular weight excluding hydrogens is 196 g/mol. The van der Waals surface area contributed by atoms with Gasteiger partial charge < -0.3 is 5.32 Å². The highest BCUT2D eigenvalue weighted by Gasteiger charge is 2.27. The maximum Gasteiger partial charge on any atom is 0.0452 e. The van der Waals surface area contributed by atoms with E-state index in [4.69, 9.17) is 0 Å². The van der Waals surface area contributed by atoms with Crippen molar-refractivity contribution in [1.82, 2.24) is 10.3 Å². The predicted octanol–water partition coefficient (Wildman–Crippen LogP) is 2.96. The third-order valence-corrected chi connectivity index (χ3v) is 3.53. The lowest BCUT2D eigenvalue weighted by molar-refractivity contribution is 0.299. The molecule has 2 heterocycles. The Balaban J connectivity index is 2.16. The van der Waals surface area contributed by atoms with Crippen LogP contribution in [0.25, 0.3) is 0 Å². The van der Waals surface area contributed by atoms with E-state index in [2.05, 4.69) is 36.3 Å². The van der Waals surface area contributed by atoms with Crippen molar-refractivity contribution in [3.8, 4) is 0 Å². The first-order chi connectivity index (χ1) is 7.79. The second-order valence-corrected chi connectivity index (χ2v) is 5.08. The largest absolute Gasteiger partial charge is 0.313 e. The Morgan fingerprint density at radius 1 is 1.31 bits per heavy atom. The van der Waals surface area contributed by atoms with E-state index in [9.17, 15) is 0 Å². The first-order valence-electron chi connectivity index (χ1n) is 6.43. The van der Waals surface area contributed by atoms with E-state index in [-0.39, 0.29) is 0 Å². The summed E-state index contributed by atoms with van der Waals surface area (Å²) >= 11 is 0. The zero-order chi connectivity index (χ0) is 11.4. The van der Waals surface area contributed by atoms with Crippen LogP contribution in [0.5, 0.6) is 0 Å². The van der Waals surface area contributed by atoms with Crippen molar-refractivity contribution in [3.05, 3.63) is 30.1 Å². The summed E-state index contributed by atoms with van der Waals surface area (Å²) in [7, 11) is 0. The van der Waals surface area contributed by atoms with Crippen LogP contribution in [-0.4, -0.2) is 17.6 Å². The van der Waals surface area contributed by atoms with Crippen LogP contribution in [0.2, 0.25) is 0 Å². The van der Waals surface area contributed by atoms with Gasteiger partial charge in [-0.15, -0.1) is 0 Å². The minimum atomic E-state index is 0.557. The summed E-state index contributed by atoms with van der Waals surface area (Å²) in [6.45, 7) is 5.77. The lowest BCUT2D eigenvalue weighted by Crippen LogP contribution is -2.40. The van der Waals surface area contributed by atoms with Gasteiger partial charge in [0.25, 0.3) is 0 Å². The maximum atomic E-state index is 4.54. The Labute approximate surface area is 98.5 Å². The third-order valence-electron chi connectivity index (χ3n) is 3.53. The van der Waals surface area contributed by atoms with Crippen molar-refractivity contribution >= 4 is 0 Å². The average molecular weight is 218 g/mol. The van der Waals surface area contributed by atoms with Crippen LogP contribution in [0.15, 0.2) is 24.4 Å². The molecule has 1 aliphatic heterocycles. The Kier molecular flexibility index (Phi) is 3.94. The molecule has 16 heavy (non-hydrogen) atoms. The molecule has 1 N–H and O–H groups in total. The average Bonchev–Trinajstić information content (AvgIpc) is 2.31. The van der Waals surface area contributed by atoms with E-state index in [1.807, 2.05) is 12.3 Å². The van der Waals surface area contributed by atoms with Gasteiger partial charge in [0, 0.05) is 23.9 Å². The fourth-order valence-corrected chi connectivity index (χ4v) is 2.77. The molecule has 0 bridgehead atoms. The van der Waals surface area contributed by atoms with Crippen molar-refractivity contribution in [2.45, 2.75) is 45.1 Å². The molecule has 0 spiro atoms. The molecule has 1 saturated heterocycles. The highest BCUT2D eigenvalue weighted by molar-refractivity contribution is 5.13. The van der Waals surface area contributed by atoms with E-state index in [1.165, 1.54) is 31.5 Å². The van der Waals surface area contributed by atoms with Crippen LogP contribution in [-0.2, 0) is 0 Å². The molecule has 2 unspecified atom stereocenters. The van der Waals surface area contributed by atoms with Crippen molar-refractivity contribution in [3.63, 3.8) is 0 Å². The molecule has 1 aromatic rings. The van der Waals surface area contributed by atoms with Gasteiger partial charge in [0.2, 0.25) is 0 Å². The third kappa shape index (κ3) is 2.62. The topological polar surface area (TPSA) is 24.9 Å². The number of rotatable bonds is 3. The molecule has 2 atom stereocenters. The minimum Gasteiger partial charge on any atom is -0.313 e. The predicted molar refractivity (Wildman–Crippen MR) is 67.5 cm³/mol. The molecule has 1 aromatic heterocycles. The van der Waals surface area contributed by atoms with Crippen molar-refractivity contribution in [2.24, 2.45) is 5.92 Å². The number of nitrogens with one attached hydrogen (secondary N) is 1. The molecule has 2 rings (SSSR count). The fourth-order valence-electron chi connectivity index (χ4n) is 2.77. The summed E-state index contributed by atoms with van der Waals surface area (Å²) in [5.41, 5.74) is 1.25. The maximum absolute atomic E-state index is 4.54. The van der Waals surface area contributed by atoms with Gasteiger partial charge in [-0.2, -0.15) is 0 Å². The molecule has 1 aliphatic rings. The standard InChI is InChI=1S/C14H22N2/c1-11(2)14(12-7-3-5-9-15-12)13-8-4-6-10-16-13/h3,5,7,9,11,13-14,16H,4,6,8,10H2,1-2H3. The van der Waals surface area contributed by atoms with E-state index in [1.54, 1.807) is 0 Å². The number of nitrogens with zero attached hydrogens (tertiary/aromatic N) is 1. The zero-order valence-electron chi connectivity index (χ0n) is 10.3. The molecule has 0 radical (unpaired) electrons. The monoisotopic (exact) mass is 218 g/mol. The van der Waals surface area contributed by atoms with Gasteiger partial charge >= 0.3 is 0 Å². The minimum absolute atomic E-state index is 0.557. The molecule has 0 saturated carbocycles. The van der Waals surface area contributed by atoms with Gasteiger partial charge in [-0.25, -0.2) is 0 Å². The number of aromatic nitrogens is 1. The quantitative estimate of drug-likeness (QED) is 0.843. The molecule has 0 amide bonds. The van der Waals surface area contributed by atoms with Gasteiger partial charge in [-0.3, -0.25) is 4.98 Å².